The fourth-order valence-electron chi connectivity index (χ4n) is 3.06. The molecule has 0 saturated heterocycles. The van der Waals surface area contributed by atoms with Gasteiger partial charge in [0.1, 0.15) is 25.5 Å². The molecule has 0 aliphatic carbocycles. The molecule has 0 aliphatic heterocycles. The third-order valence-corrected chi connectivity index (χ3v) is 5.96. The predicted molar refractivity (Wildman–Crippen MR) is 105 cm³/mol. The van der Waals surface area contributed by atoms with Gasteiger partial charge in [0.15, 0.2) is 0 Å². The summed E-state index contributed by atoms with van der Waals surface area (Å²) in [6.45, 7) is 2.20. The monoisotopic (exact) mass is 400 g/mol. The second-order valence-electron chi connectivity index (χ2n) is 6.61. The van der Waals surface area contributed by atoms with E-state index >= 15 is 0 Å². The summed E-state index contributed by atoms with van der Waals surface area (Å²) < 4.78 is 39.3. The van der Waals surface area contributed by atoms with Crippen LogP contribution >= 0.6 is 0 Å². The maximum absolute atomic E-state index is 13.2. The van der Waals surface area contributed by atoms with Crippen molar-refractivity contribution < 1.29 is 17.7 Å². The van der Waals surface area contributed by atoms with Crippen molar-refractivity contribution in [3.63, 3.8) is 0 Å². The number of pyridine rings is 1. The maximum atomic E-state index is 13.2. The zero-order valence-corrected chi connectivity index (χ0v) is 16.4. The van der Waals surface area contributed by atoms with Crippen LogP contribution in [0, 0.1) is 5.82 Å². The van der Waals surface area contributed by atoms with Crippen molar-refractivity contribution in [3.8, 4) is 0 Å². The number of quaternary nitrogens is 1. The van der Waals surface area contributed by atoms with Crippen LogP contribution in [0.1, 0.15) is 16.7 Å². The summed E-state index contributed by atoms with van der Waals surface area (Å²) in [7, 11) is -2.05. The van der Waals surface area contributed by atoms with Crippen molar-refractivity contribution >= 4 is 10.0 Å². The lowest BCUT2D eigenvalue weighted by Gasteiger charge is -2.20. The van der Waals surface area contributed by atoms with Crippen LogP contribution in [0.15, 0.2) is 78.0 Å². The van der Waals surface area contributed by atoms with Gasteiger partial charge in [0.05, 0.1) is 4.90 Å². The van der Waals surface area contributed by atoms with Gasteiger partial charge in [-0.05, 0) is 43.4 Å². The number of benzene rings is 2. The van der Waals surface area contributed by atoms with Crippen LogP contribution in [0.25, 0.3) is 0 Å². The van der Waals surface area contributed by atoms with Crippen molar-refractivity contribution in [3.05, 3.63) is 95.6 Å². The molecule has 1 heterocycles. The van der Waals surface area contributed by atoms with E-state index in [0.717, 1.165) is 29.8 Å². The third kappa shape index (κ3) is 5.45. The Kier molecular flexibility index (Phi) is 6.51. The lowest BCUT2D eigenvalue weighted by Crippen LogP contribution is -3.08. The Morgan fingerprint density at radius 3 is 1.79 bits per heavy atom. The second-order valence-corrected chi connectivity index (χ2v) is 8.50. The van der Waals surface area contributed by atoms with Crippen LogP contribution in [0.3, 0.4) is 0 Å². The van der Waals surface area contributed by atoms with E-state index in [1.807, 2.05) is 24.3 Å². The zero-order valence-electron chi connectivity index (χ0n) is 15.6. The van der Waals surface area contributed by atoms with Crippen LogP contribution < -0.4 is 9.62 Å². The topological polar surface area (TPSA) is 63.5 Å². The summed E-state index contributed by atoms with van der Waals surface area (Å²) in [5.74, 6) is -0.249. The van der Waals surface area contributed by atoms with E-state index in [1.165, 1.54) is 24.1 Å². The maximum Gasteiger partial charge on any atom is 0.240 e. The van der Waals surface area contributed by atoms with E-state index in [-0.39, 0.29) is 10.7 Å². The summed E-state index contributed by atoms with van der Waals surface area (Å²) in [6, 6.07) is 17.4. The molecule has 0 aliphatic rings. The van der Waals surface area contributed by atoms with Crippen LogP contribution in [0.5, 0.6) is 0 Å². The number of hydrogen-bond acceptors (Lipinski definition) is 3. The van der Waals surface area contributed by atoms with Gasteiger partial charge < -0.3 is 4.90 Å². The van der Waals surface area contributed by atoms with E-state index in [4.69, 9.17) is 0 Å². The first kappa shape index (κ1) is 20.1. The number of halogens is 1. The molecule has 0 amide bonds. The lowest BCUT2D eigenvalue weighted by molar-refractivity contribution is -0.941. The van der Waals surface area contributed by atoms with Gasteiger partial charge in [-0.1, -0.05) is 24.3 Å². The Morgan fingerprint density at radius 2 is 1.29 bits per heavy atom. The number of aromatic nitrogens is 1. The predicted octanol–water partition coefficient (Wildman–Crippen LogP) is 1.91. The average Bonchev–Trinajstić information content (AvgIpc) is 2.71. The Bertz CT molecular complexity index is 992. The zero-order chi connectivity index (χ0) is 20.0. The molecular weight excluding hydrogens is 377 g/mol. The van der Waals surface area contributed by atoms with Crippen LogP contribution in [-0.4, -0.2) is 20.4 Å². The van der Waals surface area contributed by atoms with Crippen LogP contribution in [0.4, 0.5) is 4.39 Å². The first-order chi connectivity index (χ1) is 13.5. The van der Waals surface area contributed by atoms with Crippen molar-refractivity contribution in [2.24, 2.45) is 0 Å². The minimum absolute atomic E-state index is 0.243. The molecule has 2 aromatic carbocycles. The van der Waals surface area contributed by atoms with Crippen molar-refractivity contribution in [2.75, 3.05) is 7.05 Å². The normalized spacial score (nSPS) is 12.6. The summed E-state index contributed by atoms with van der Waals surface area (Å²) >= 11 is 0. The number of rotatable bonds is 8. The van der Waals surface area contributed by atoms with E-state index < -0.39 is 10.0 Å². The van der Waals surface area contributed by atoms with E-state index in [0.29, 0.717) is 6.54 Å². The molecule has 7 heteroatoms. The van der Waals surface area contributed by atoms with Crippen LogP contribution in [0.2, 0.25) is 0 Å². The second kappa shape index (κ2) is 9.05. The Balaban J connectivity index is 1.79. The fourth-order valence-corrected chi connectivity index (χ4v) is 3.79. The standard InChI is InChI=1S/C21H22FN3O2S/c1-23-28(26,27)21-8-4-18(5-9-21)15-25(16-19-10-12-24-13-11-19)14-17-2-6-20(22)7-3-17/h2-13,23H,14-16H2,1H3/p+1. The molecule has 1 aromatic heterocycles. The van der Waals surface area contributed by atoms with Gasteiger partial charge in [-0.3, -0.25) is 4.98 Å². The van der Waals surface area contributed by atoms with Gasteiger partial charge in [0.25, 0.3) is 0 Å². The van der Waals surface area contributed by atoms with E-state index in [1.54, 1.807) is 36.7 Å². The molecule has 1 atom stereocenters. The first-order valence-corrected chi connectivity index (χ1v) is 10.4. The highest BCUT2D eigenvalue weighted by atomic mass is 32.2. The Hall–Kier alpha value is -2.61. The molecule has 5 nitrogen and oxygen atoms in total. The van der Waals surface area contributed by atoms with Gasteiger partial charge >= 0.3 is 0 Å². The molecular formula is C21H23FN3O2S+. The molecule has 3 aromatic rings. The number of hydrogen-bond donors (Lipinski definition) is 2. The summed E-state index contributed by atoms with van der Waals surface area (Å²) in [5.41, 5.74) is 3.22. The van der Waals surface area contributed by atoms with Gasteiger partial charge in [-0.15, -0.1) is 0 Å². The molecule has 28 heavy (non-hydrogen) atoms. The summed E-state index contributed by atoms with van der Waals surface area (Å²) in [5, 5.41) is 0. The largest absolute Gasteiger partial charge is 0.324 e. The molecule has 146 valence electrons. The SMILES string of the molecule is CNS(=O)(=O)c1ccc(C[NH+](Cc2ccncc2)Cc2ccc(F)cc2)cc1. The molecule has 0 radical (unpaired) electrons. The third-order valence-electron chi connectivity index (χ3n) is 4.53. The molecule has 0 bridgehead atoms. The summed E-state index contributed by atoms with van der Waals surface area (Å²) in [4.78, 5) is 5.55. The van der Waals surface area contributed by atoms with Gasteiger partial charge in [0, 0.05) is 29.1 Å². The highest BCUT2D eigenvalue weighted by Crippen LogP contribution is 2.10. The Labute approximate surface area is 164 Å². The first-order valence-electron chi connectivity index (χ1n) is 8.96. The minimum Gasteiger partial charge on any atom is -0.324 e. The molecule has 1 unspecified atom stereocenters. The van der Waals surface area contributed by atoms with Gasteiger partial charge in [-0.2, -0.15) is 0 Å². The van der Waals surface area contributed by atoms with Crippen molar-refractivity contribution in [1.29, 1.82) is 0 Å². The molecule has 0 saturated carbocycles. The average molecular weight is 400 g/mol. The highest BCUT2D eigenvalue weighted by Gasteiger charge is 2.14. The quantitative estimate of drug-likeness (QED) is 0.607. The van der Waals surface area contributed by atoms with E-state index in [9.17, 15) is 12.8 Å². The number of nitrogens with one attached hydrogen (secondary N) is 2. The molecule has 3 rings (SSSR count). The van der Waals surface area contributed by atoms with Crippen molar-refractivity contribution in [1.82, 2.24) is 9.71 Å². The van der Waals surface area contributed by atoms with E-state index in [2.05, 4.69) is 9.71 Å². The van der Waals surface area contributed by atoms with Crippen LogP contribution in [-0.2, 0) is 29.7 Å². The minimum atomic E-state index is -3.44. The molecule has 2 N–H and O–H groups in total. The lowest BCUT2D eigenvalue weighted by atomic mass is 10.1. The Morgan fingerprint density at radius 1 is 0.821 bits per heavy atom. The highest BCUT2D eigenvalue weighted by molar-refractivity contribution is 7.89. The summed E-state index contributed by atoms with van der Waals surface area (Å²) in [6.07, 6.45) is 3.53. The molecule has 0 spiro atoms. The van der Waals surface area contributed by atoms with Gasteiger partial charge in [-0.25, -0.2) is 17.5 Å². The molecule has 0 fully saturated rings. The fraction of sp³-hybridized carbons (Fsp3) is 0.190. The smallest absolute Gasteiger partial charge is 0.240 e. The number of nitrogens with zero attached hydrogens (tertiary/aromatic N) is 1. The van der Waals surface area contributed by atoms with Gasteiger partial charge in [0.2, 0.25) is 10.0 Å². The van der Waals surface area contributed by atoms with Crippen molar-refractivity contribution in [2.45, 2.75) is 24.5 Å². The number of sulfonamides is 1.